The molecule has 4 nitrogen and oxygen atoms in total. The first-order chi connectivity index (χ1) is 8.70. The molecule has 0 spiro atoms. The van der Waals surface area contributed by atoms with Gasteiger partial charge in [-0.05, 0) is 23.8 Å². The first kappa shape index (κ1) is 11.2. The lowest BCUT2D eigenvalue weighted by Crippen LogP contribution is -2.33. The molecule has 2 N–H and O–H groups in total. The quantitative estimate of drug-likeness (QED) is 0.819. The summed E-state index contributed by atoms with van der Waals surface area (Å²) in [5.41, 5.74) is 7.03. The molecule has 0 fully saturated rings. The van der Waals surface area contributed by atoms with Gasteiger partial charge in [0.2, 0.25) is 0 Å². The Morgan fingerprint density at radius 1 is 1.28 bits per heavy atom. The van der Waals surface area contributed by atoms with Gasteiger partial charge in [0.25, 0.3) is 0 Å². The standard InChI is InChI=1S/C13H15FN4/c14-11-5-10(6-12(15)7-11)8-17-3-4-18-2-1-16-13(18)9-17/h1-2,5-7H,3-4,8-9,15H2. The number of nitrogens with two attached hydrogens (primary N) is 1. The molecule has 5 heteroatoms. The van der Waals surface area contributed by atoms with E-state index in [4.69, 9.17) is 5.73 Å². The highest BCUT2D eigenvalue weighted by Gasteiger charge is 2.16. The van der Waals surface area contributed by atoms with Crippen molar-refractivity contribution in [1.29, 1.82) is 0 Å². The normalized spacial score (nSPS) is 15.6. The zero-order valence-electron chi connectivity index (χ0n) is 10.0. The lowest BCUT2D eigenvalue weighted by Gasteiger charge is -2.27. The van der Waals surface area contributed by atoms with E-state index < -0.39 is 0 Å². The van der Waals surface area contributed by atoms with E-state index >= 15 is 0 Å². The highest BCUT2D eigenvalue weighted by molar-refractivity contribution is 5.41. The molecule has 0 amide bonds. The maximum atomic E-state index is 13.3. The number of fused-ring (bicyclic) bond motifs is 1. The van der Waals surface area contributed by atoms with Gasteiger partial charge in [-0.15, -0.1) is 0 Å². The van der Waals surface area contributed by atoms with Gasteiger partial charge in [-0.1, -0.05) is 0 Å². The summed E-state index contributed by atoms with van der Waals surface area (Å²) in [7, 11) is 0. The Hall–Kier alpha value is -1.88. The minimum Gasteiger partial charge on any atom is -0.399 e. The topological polar surface area (TPSA) is 47.1 Å². The van der Waals surface area contributed by atoms with E-state index in [2.05, 4.69) is 14.5 Å². The van der Waals surface area contributed by atoms with Crippen molar-refractivity contribution in [3.05, 3.63) is 47.8 Å². The van der Waals surface area contributed by atoms with Crippen LogP contribution in [0.25, 0.3) is 0 Å². The number of anilines is 1. The Balaban J connectivity index is 1.74. The molecule has 1 aromatic heterocycles. The van der Waals surface area contributed by atoms with Crippen molar-refractivity contribution in [3.63, 3.8) is 0 Å². The molecule has 0 bridgehead atoms. The Kier molecular flexibility index (Phi) is 2.76. The van der Waals surface area contributed by atoms with Crippen molar-refractivity contribution in [2.75, 3.05) is 12.3 Å². The summed E-state index contributed by atoms with van der Waals surface area (Å²) < 4.78 is 15.4. The average Bonchev–Trinajstić information content (AvgIpc) is 2.74. The molecule has 0 aliphatic carbocycles. The van der Waals surface area contributed by atoms with Gasteiger partial charge >= 0.3 is 0 Å². The molecular formula is C13H15FN4. The Morgan fingerprint density at radius 2 is 2.17 bits per heavy atom. The van der Waals surface area contributed by atoms with Crippen molar-refractivity contribution in [3.8, 4) is 0 Å². The lowest BCUT2D eigenvalue weighted by molar-refractivity contribution is 0.208. The highest BCUT2D eigenvalue weighted by atomic mass is 19.1. The van der Waals surface area contributed by atoms with Gasteiger partial charge in [0.15, 0.2) is 0 Å². The Bertz CT molecular complexity index is 544. The molecule has 0 atom stereocenters. The van der Waals surface area contributed by atoms with E-state index in [1.54, 1.807) is 0 Å². The van der Waals surface area contributed by atoms with Crippen LogP contribution in [0.3, 0.4) is 0 Å². The van der Waals surface area contributed by atoms with Crippen LogP contribution in [-0.4, -0.2) is 21.0 Å². The van der Waals surface area contributed by atoms with Crippen LogP contribution in [0.4, 0.5) is 10.1 Å². The maximum Gasteiger partial charge on any atom is 0.125 e. The van der Waals surface area contributed by atoms with Crippen molar-refractivity contribution in [2.24, 2.45) is 0 Å². The van der Waals surface area contributed by atoms with Gasteiger partial charge in [-0.2, -0.15) is 0 Å². The summed E-state index contributed by atoms with van der Waals surface area (Å²) in [6, 6.07) is 4.70. The minimum absolute atomic E-state index is 0.275. The summed E-state index contributed by atoms with van der Waals surface area (Å²) in [6.45, 7) is 3.37. The molecule has 0 unspecified atom stereocenters. The van der Waals surface area contributed by atoms with E-state index in [9.17, 15) is 4.39 Å². The van der Waals surface area contributed by atoms with Crippen molar-refractivity contribution in [1.82, 2.24) is 14.5 Å². The van der Waals surface area contributed by atoms with E-state index in [1.165, 1.54) is 12.1 Å². The molecule has 1 aliphatic heterocycles. The molecule has 18 heavy (non-hydrogen) atoms. The first-order valence-electron chi connectivity index (χ1n) is 5.98. The number of nitrogen functional groups attached to an aromatic ring is 1. The smallest absolute Gasteiger partial charge is 0.125 e. The van der Waals surface area contributed by atoms with Gasteiger partial charge in [0.05, 0.1) is 6.54 Å². The van der Waals surface area contributed by atoms with Crippen LogP contribution in [0.15, 0.2) is 30.6 Å². The third kappa shape index (κ3) is 2.22. The SMILES string of the molecule is Nc1cc(F)cc(CN2CCn3ccnc3C2)c1. The van der Waals surface area contributed by atoms with Crippen LogP contribution < -0.4 is 5.73 Å². The van der Waals surface area contributed by atoms with E-state index in [0.29, 0.717) is 12.2 Å². The summed E-state index contributed by atoms with van der Waals surface area (Å²) in [5, 5.41) is 0. The predicted octanol–water partition coefficient (Wildman–Crippen LogP) is 1.62. The Morgan fingerprint density at radius 3 is 3.00 bits per heavy atom. The number of nitrogens with zero attached hydrogens (tertiary/aromatic N) is 3. The second kappa shape index (κ2) is 4.42. The van der Waals surface area contributed by atoms with Crippen molar-refractivity contribution in [2.45, 2.75) is 19.6 Å². The number of hydrogen-bond acceptors (Lipinski definition) is 3. The van der Waals surface area contributed by atoms with E-state index in [-0.39, 0.29) is 5.82 Å². The molecule has 0 radical (unpaired) electrons. The van der Waals surface area contributed by atoms with Crippen molar-refractivity contribution < 1.29 is 4.39 Å². The molecule has 0 saturated carbocycles. The number of benzene rings is 1. The van der Waals surface area contributed by atoms with Crippen LogP contribution in [-0.2, 0) is 19.6 Å². The van der Waals surface area contributed by atoms with Crippen LogP contribution in [0.5, 0.6) is 0 Å². The third-order valence-electron chi connectivity index (χ3n) is 3.21. The summed E-state index contributed by atoms with van der Waals surface area (Å²) in [4.78, 5) is 6.55. The van der Waals surface area contributed by atoms with Crippen LogP contribution in [0.2, 0.25) is 0 Å². The van der Waals surface area contributed by atoms with Gasteiger partial charge in [0, 0.05) is 37.7 Å². The molecule has 0 saturated heterocycles. The largest absolute Gasteiger partial charge is 0.399 e. The first-order valence-corrected chi connectivity index (χ1v) is 5.98. The second-order valence-electron chi connectivity index (χ2n) is 4.64. The van der Waals surface area contributed by atoms with Gasteiger partial charge in [-0.3, -0.25) is 4.90 Å². The second-order valence-corrected chi connectivity index (χ2v) is 4.64. The molecule has 1 aromatic carbocycles. The van der Waals surface area contributed by atoms with E-state index in [0.717, 1.165) is 31.0 Å². The molecule has 3 rings (SSSR count). The highest BCUT2D eigenvalue weighted by Crippen LogP contribution is 2.16. The summed E-state index contributed by atoms with van der Waals surface area (Å²) >= 11 is 0. The van der Waals surface area contributed by atoms with Gasteiger partial charge < -0.3 is 10.3 Å². The van der Waals surface area contributed by atoms with Crippen LogP contribution in [0, 0.1) is 5.82 Å². The number of halogens is 1. The minimum atomic E-state index is -0.275. The fourth-order valence-electron chi connectivity index (χ4n) is 2.38. The molecule has 1 aliphatic rings. The summed E-state index contributed by atoms with van der Waals surface area (Å²) in [5.74, 6) is 0.786. The van der Waals surface area contributed by atoms with Crippen molar-refractivity contribution >= 4 is 5.69 Å². The molecule has 94 valence electrons. The Labute approximate surface area is 105 Å². The number of imidazole rings is 1. The fourth-order valence-corrected chi connectivity index (χ4v) is 2.38. The fraction of sp³-hybridized carbons (Fsp3) is 0.308. The number of aromatic nitrogens is 2. The molecule has 2 aromatic rings. The molecular weight excluding hydrogens is 231 g/mol. The van der Waals surface area contributed by atoms with Crippen LogP contribution in [0.1, 0.15) is 11.4 Å². The average molecular weight is 246 g/mol. The van der Waals surface area contributed by atoms with Gasteiger partial charge in [0.1, 0.15) is 11.6 Å². The van der Waals surface area contributed by atoms with E-state index in [1.807, 2.05) is 18.5 Å². The third-order valence-corrected chi connectivity index (χ3v) is 3.21. The predicted molar refractivity (Wildman–Crippen MR) is 67.2 cm³/mol. The number of rotatable bonds is 2. The zero-order chi connectivity index (χ0) is 12.5. The summed E-state index contributed by atoms with van der Waals surface area (Å²) in [6.07, 6.45) is 3.81. The van der Waals surface area contributed by atoms with Gasteiger partial charge in [-0.25, -0.2) is 9.37 Å². The van der Waals surface area contributed by atoms with Crippen LogP contribution >= 0.6 is 0 Å². The monoisotopic (exact) mass is 246 g/mol. The molecule has 2 heterocycles. The zero-order valence-corrected chi connectivity index (χ0v) is 10.0. The maximum absolute atomic E-state index is 13.3. The number of hydrogen-bond donors (Lipinski definition) is 1. The lowest BCUT2D eigenvalue weighted by atomic mass is 10.1.